The minimum absolute atomic E-state index is 0.324. The Hall–Kier alpha value is -1.32. The van der Waals surface area contributed by atoms with Crippen LogP contribution in [0.3, 0.4) is 0 Å². The molecule has 1 heterocycles. The summed E-state index contributed by atoms with van der Waals surface area (Å²) < 4.78 is 78.9. The van der Waals surface area contributed by atoms with Gasteiger partial charge in [0.2, 0.25) is 17.7 Å². The smallest absolute Gasteiger partial charge is 0.409 e. The van der Waals surface area contributed by atoms with Crippen molar-refractivity contribution in [2.24, 2.45) is 0 Å². The van der Waals surface area contributed by atoms with Crippen molar-refractivity contribution >= 4 is 0 Å². The molecule has 110 valence electrons. The number of hydrogen-bond acceptors (Lipinski definition) is 4. The van der Waals surface area contributed by atoms with Gasteiger partial charge in [0.25, 0.3) is 0 Å². The van der Waals surface area contributed by atoms with Gasteiger partial charge in [-0.15, -0.1) is 10.2 Å². The maximum absolute atomic E-state index is 12.4. The highest BCUT2D eigenvalue weighted by Crippen LogP contribution is 2.45. The molecule has 0 amide bonds. The topological polar surface area (TPSA) is 51.0 Å². The Balaban J connectivity index is 3.06. The quantitative estimate of drug-likeness (QED) is 0.867. The second kappa shape index (κ2) is 5.35. The Labute approximate surface area is 104 Å². The summed E-state index contributed by atoms with van der Waals surface area (Å²) in [5, 5.41) is 8.79. The first kappa shape index (κ1) is 15.7. The number of nitrogens with one attached hydrogen (secondary N) is 1. The van der Waals surface area contributed by atoms with E-state index in [0.29, 0.717) is 6.54 Å². The average molecular weight is 291 g/mol. The average Bonchev–Trinajstić information content (AvgIpc) is 2.62. The first-order valence-corrected chi connectivity index (χ1v) is 5.27. The molecule has 19 heavy (non-hydrogen) atoms. The Morgan fingerprint density at radius 2 is 1.53 bits per heavy atom. The molecule has 0 radical (unpaired) electrons. The number of hydrogen-bond donors (Lipinski definition) is 1. The number of alkyl halides is 6. The molecule has 0 aliphatic carbocycles. The minimum atomic E-state index is -5.54. The van der Waals surface area contributed by atoms with Gasteiger partial charge in [-0.25, -0.2) is 0 Å². The van der Waals surface area contributed by atoms with Crippen LogP contribution in [0, 0.1) is 0 Å². The molecule has 0 aliphatic rings. The van der Waals surface area contributed by atoms with Crippen LogP contribution in [0.5, 0.6) is 0 Å². The monoisotopic (exact) mass is 291 g/mol. The Bertz CT molecular complexity index is 399. The van der Waals surface area contributed by atoms with E-state index < -0.39 is 30.2 Å². The van der Waals surface area contributed by atoms with Crippen molar-refractivity contribution < 1.29 is 30.8 Å². The van der Waals surface area contributed by atoms with E-state index in [1.807, 2.05) is 0 Å². The molecule has 0 saturated heterocycles. The van der Waals surface area contributed by atoms with E-state index in [4.69, 9.17) is 0 Å². The summed E-state index contributed by atoms with van der Waals surface area (Å²) >= 11 is 0. The molecular weight excluding hydrogens is 280 g/mol. The molecule has 0 bridgehead atoms. The first-order chi connectivity index (χ1) is 8.57. The van der Waals surface area contributed by atoms with Crippen molar-refractivity contribution in [3.8, 4) is 0 Å². The summed E-state index contributed by atoms with van der Waals surface area (Å²) in [5.41, 5.74) is 0. The first-order valence-electron chi connectivity index (χ1n) is 5.27. The van der Waals surface area contributed by atoms with E-state index in [0.717, 1.165) is 0 Å². The van der Waals surface area contributed by atoms with Gasteiger partial charge in [0.05, 0.1) is 6.04 Å². The third-order valence-corrected chi connectivity index (χ3v) is 2.24. The summed E-state index contributed by atoms with van der Waals surface area (Å²) in [6.07, 6.45) is -11.1. The van der Waals surface area contributed by atoms with Gasteiger partial charge in [-0.1, -0.05) is 6.92 Å². The molecule has 10 heteroatoms. The largest absolute Gasteiger partial charge is 0.423 e. The van der Waals surface area contributed by atoms with Crippen molar-refractivity contribution in [1.82, 2.24) is 15.5 Å². The van der Waals surface area contributed by atoms with Crippen LogP contribution in [0.1, 0.15) is 37.6 Å². The van der Waals surface area contributed by atoms with Crippen LogP contribution in [-0.2, 0) is 0 Å². The molecule has 0 aromatic carbocycles. The van der Waals surface area contributed by atoms with Gasteiger partial charge in [0, 0.05) is 0 Å². The second-order valence-corrected chi connectivity index (χ2v) is 3.77. The fraction of sp³-hybridized carbons (Fsp3) is 0.778. The van der Waals surface area contributed by atoms with Gasteiger partial charge in [-0.05, 0) is 13.5 Å². The normalized spacial score (nSPS) is 15.0. The van der Waals surface area contributed by atoms with Gasteiger partial charge in [0.15, 0.2) is 0 Å². The maximum Gasteiger partial charge on any atom is 0.409 e. The Kier molecular flexibility index (Phi) is 4.43. The predicted molar refractivity (Wildman–Crippen MR) is 51.2 cm³/mol. The molecular formula is C9H11F6N3O. The minimum Gasteiger partial charge on any atom is -0.423 e. The van der Waals surface area contributed by atoms with Crippen LogP contribution < -0.4 is 5.32 Å². The van der Waals surface area contributed by atoms with Crippen molar-refractivity contribution in [2.75, 3.05) is 6.54 Å². The SMILES string of the molecule is CCNC(C)c1nnc(C(C(F)(F)F)C(F)(F)F)o1. The van der Waals surface area contributed by atoms with Crippen molar-refractivity contribution in [1.29, 1.82) is 0 Å². The molecule has 1 aromatic rings. The van der Waals surface area contributed by atoms with E-state index in [2.05, 4.69) is 19.9 Å². The fourth-order valence-electron chi connectivity index (χ4n) is 1.40. The van der Waals surface area contributed by atoms with Crippen LogP contribution in [0.15, 0.2) is 4.42 Å². The van der Waals surface area contributed by atoms with Crippen LogP contribution in [0.2, 0.25) is 0 Å². The summed E-state index contributed by atoms with van der Waals surface area (Å²) in [4.78, 5) is 0. The molecule has 1 unspecified atom stereocenters. The van der Waals surface area contributed by atoms with Gasteiger partial charge in [-0.3, -0.25) is 0 Å². The molecule has 0 fully saturated rings. The molecule has 4 nitrogen and oxygen atoms in total. The van der Waals surface area contributed by atoms with E-state index in [1.165, 1.54) is 6.92 Å². The zero-order chi connectivity index (χ0) is 14.8. The van der Waals surface area contributed by atoms with Crippen molar-refractivity contribution in [3.05, 3.63) is 11.8 Å². The Morgan fingerprint density at radius 3 is 1.95 bits per heavy atom. The molecule has 1 aromatic heterocycles. The van der Waals surface area contributed by atoms with E-state index >= 15 is 0 Å². The summed E-state index contributed by atoms with van der Waals surface area (Å²) in [7, 11) is 0. The molecule has 1 rings (SSSR count). The zero-order valence-electron chi connectivity index (χ0n) is 9.93. The lowest BCUT2D eigenvalue weighted by Crippen LogP contribution is -2.34. The molecule has 0 aliphatic heterocycles. The third kappa shape index (κ3) is 3.82. The van der Waals surface area contributed by atoms with Crippen LogP contribution in [0.25, 0.3) is 0 Å². The van der Waals surface area contributed by atoms with Crippen molar-refractivity contribution in [3.63, 3.8) is 0 Å². The molecule has 0 saturated carbocycles. The van der Waals surface area contributed by atoms with Crippen LogP contribution >= 0.6 is 0 Å². The van der Waals surface area contributed by atoms with Gasteiger partial charge in [-0.2, -0.15) is 26.3 Å². The number of rotatable bonds is 4. The van der Waals surface area contributed by atoms with Gasteiger partial charge < -0.3 is 9.73 Å². The van der Waals surface area contributed by atoms with E-state index in [9.17, 15) is 26.3 Å². The van der Waals surface area contributed by atoms with Crippen LogP contribution in [-0.4, -0.2) is 29.1 Å². The van der Waals surface area contributed by atoms with Crippen LogP contribution in [0.4, 0.5) is 26.3 Å². The highest BCUT2D eigenvalue weighted by atomic mass is 19.4. The number of nitrogens with zero attached hydrogens (tertiary/aromatic N) is 2. The second-order valence-electron chi connectivity index (χ2n) is 3.77. The van der Waals surface area contributed by atoms with E-state index in [1.54, 1.807) is 6.92 Å². The molecule has 1 atom stereocenters. The Morgan fingerprint density at radius 1 is 1.05 bits per heavy atom. The molecule has 1 N–H and O–H groups in total. The summed E-state index contributed by atoms with van der Waals surface area (Å²) in [6, 6.07) is -0.631. The molecule has 0 spiro atoms. The number of aromatic nitrogens is 2. The summed E-state index contributed by atoms with van der Waals surface area (Å²) in [6.45, 7) is 3.64. The number of halogens is 6. The van der Waals surface area contributed by atoms with Gasteiger partial charge >= 0.3 is 12.4 Å². The lowest BCUT2D eigenvalue weighted by atomic mass is 10.1. The lowest BCUT2D eigenvalue weighted by molar-refractivity contribution is -0.258. The highest BCUT2D eigenvalue weighted by molar-refractivity contribution is 5.01. The summed E-state index contributed by atoms with van der Waals surface area (Å²) in [5.74, 6) is -5.59. The highest BCUT2D eigenvalue weighted by Gasteiger charge is 2.60. The standard InChI is InChI=1S/C9H11F6N3O/c1-3-16-4(2)6-17-18-7(19-6)5(8(10,11)12)9(13,14)15/h4-5,16H,3H2,1-2H3. The fourth-order valence-corrected chi connectivity index (χ4v) is 1.40. The third-order valence-electron chi connectivity index (χ3n) is 2.24. The van der Waals surface area contributed by atoms with E-state index in [-0.39, 0.29) is 5.89 Å². The zero-order valence-corrected chi connectivity index (χ0v) is 9.93. The van der Waals surface area contributed by atoms with Gasteiger partial charge in [0.1, 0.15) is 0 Å². The lowest BCUT2D eigenvalue weighted by Gasteiger charge is -2.19. The predicted octanol–water partition coefficient (Wildman–Crippen LogP) is 2.95. The van der Waals surface area contributed by atoms with Crippen molar-refractivity contribution in [2.45, 2.75) is 38.2 Å². The maximum atomic E-state index is 12.4.